The first kappa shape index (κ1) is 15.7. The number of rotatable bonds is 3. The van der Waals surface area contributed by atoms with E-state index in [0.29, 0.717) is 24.5 Å². The second kappa shape index (κ2) is 6.50. The normalized spacial score (nSPS) is 21.4. The highest BCUT2D eigenvalue weighted by molar-refractivity contribution is 5.94. The van der Waals surface area contributed by atoms with Crippen molar-refractivity contribution in [1.29, 1.82) is 0 Å². The standard InChI is InChI=1S/C17H22N4O2/c1-3-15-18-16(20-19-15)12-4-6-13(7-5-12)17(23)21-9-8-11(2)14(22)10-21/h4-7,11,14,22H,3,8-10H2,1-2H3,(H,18,19,20). The van der Waals surface area contributed by atoms with E-state index in [4.69, 9.17) is 0 Å². The number of piperidine rings is 1. The van der Waals surface area contributed by atoms with Gasteiger partial charge in [-0.05, 0) is 24.5 Å². The van der Waals surface area contributed by atoms with E-state index in [2.05, 4.69) is 15.2 Å². The van der Waals surface area contributed by atoms with E-state index in [1.165, 1.54) is 0 Å². The zero-order chi connectivity index (χ0) is 16.4. The summed E-state index contributed by atoms with van der Waals surface area (Å²) in [6, 6.07) is 7.31. The molecular weight excluding hydrogens is 292 g/mol. The second-order valence-corrected chi connectivity index (χ2v) is 6.12. The van der Waals surface area contributed by atoms with Crippen molar-refractivity contribution in [1.82, 2.24) is 20.1 Å². The zero-order valence-corrected chi connectivity index (χ0v) is 13.5. The molecule has 3 rings (SSSR count). The highest BCUT2D eigenvalue weighted by Gasteiger charge is 2.27. The molecule has 2 N–H and O–H groups in total. The summed E-state index contributed by atoms with van der Waals surface area (Å²) in [5, 5.41) is 17.0. The van der Waals surface area contributed by atoms with Crippen LogP contribution < -0.4 is 0 Å². The molecular formula is C17H22N4O2. The van der Waals surface area contributed by atoms with E-state index in [1.54, 1.807) is 17.0 Å². The number of likely N-dealkylation sites (tertiary alicyclic amines) is 1. The molecule has 1 aromatic carbocycles. The first-order valence-electron chi connectivity index (χ1n) is 8.07. The maximum absolute atomic E-state index is 12.5. The molecule has 2 unspecified atom stereocenters. The minimum Gasteiger partial charge on any atom is -0.391 e. The molecule has 6 nitrogen and oxygen atoms in total. The van der Waals surface area contributed by atoms with Crippen molar-refractivity contribution in [3.63, 3.8) is 0 Å². The topological polar surface area (TPSA) is 82.1 Å². The predicted molar refractivity (Wildman–Crippen MR) is 86.9 cm³/mol. The van der Waals surface area contributed by atoms with Crippen molar-refractivity contribution in [2.45, 2.75) is 32.8 Å². The fraction of sp³-hybridized carbons (Fsp3) is 0.471. The summed E-state index contributed by atoms with van der Waals surface area (Å²) < 4.78 is 0. The number of amides is 1. The van der Waals surface area contributed by atoms with Crippen molar-refractivity contribution in [3.8, 4) is 11.4 Å². The van der Waals surface area contributed by atoms with E-state index >= 15 is 0 Å². The summed E-state index contributed by atoms with van der Waals surface area (Å²) in [4.78, 5) is 18.6. The van der Waals surface area contributed by atoms with E-state index < -0.39 is 6.10 Å². The quantitative estimate of drug-likeness (QED) is 0.906. The highest BCUT2D eigenvalue weighted by Crippen LogP contribution is 2.20. The van der Waals surface area contributed by atoms with E-state index in [1.807, 2.05) is 26.0 Å². The summed E-state index contributed by atoms with van der Waals surface area (Å²) in [6.07, 6.45) is 1.20. The van der Waals surface area contributed by atoms with E-state index in [0.717, 1.165) is 24.2 Å². The van der Waals surface area contributed by atoms with Gasteiger partial charge in [0.15, 0.2) is 5.82 Å². The Bertz CT molecular complexity index is 680. The summed E-state index contributed by atoms with van der Waals surface area (Å²) >= 11 is 0. The number of aliphatic hydroxyl groups is 1. The number of hydrogen-bond acceptors (Lipinski definition) is 4. The first-order valence-corrected chi connectivity index (χ1v) is 8.07. The Hall–Kier alpha value is -2.21. The number of β-amino-alcohol motifs (C(OH)–C–C–N with tert-alkyl or cyclic N) is 1. The predicted octanol–water partition coefficient (Wildman–Crippen LogP) is 1.88. The summed E-state index contributed by atoms with van der Waals surface area (Å²) in [6.45, 7) is 5.13. The van der Waals surface area contributed by atoms with Crippen LogP contribution >= 0.6 is 0 Å². The monoisotopic (exact) mass is 314 g/mol. The molecule has 0 saturated carbocycles. The van der Waals surface area contributed by atoms with Crippen LogP contribution in [0, 0.1) is 5.92 Å². The van der Waals surface area contributed by atoms with Crippen LogP contribution in [0.15, 0.2) is 24.3 Å². The van der Waals surface area contributed by atoms with E-state index in [9.17, 15) is 9.90 Å². The Morgan fingerprint density at radius 1 is 1.39 bits per heavy atom. The van der Waals surface area contributed by atoms with Crippen LogP contribution in [0.3, 0.4) is 0 Å². The van der Waals surface area contributed by atoms with Gasteiger partial charge in [-0.1, -0.05) is 26.0 Å². The van der Waals surface area contributed by atoms with Crippen LogP contribution in [0.1, 0.15) is 36.5 Å². The number of H-pyrrole nitrogens is 1. The molecule has 0 bridgehead atoms. The lowest BCUT2D eigenvalue weighted by molar-refractivity contribution is 0.0248. The fourth-order valence-electron chi connectivity index (χ4n) is 2.76. The number of carbonyl (C=O) groups is 1. The number of carbonyl (C=O) groups excluding carboxylic acids is 1. The number of aliphatic hydroxyl groups excluding tert-OH is 1. The van der Waals surface area contributed by atoms with Crippen molar-refractivity contribution in [2.24, 2.45) is 5.92 Å². The average molecular weight is 314 g/mol. The third-order valence-corrected chi connectivity index (χ3v) is 4.46. The Morgan fingerprint density at radius 3 is 2.74 bits per heavy atom. The van der Waals surface area contributed by atoms with Crippen LogP contribution in [0.4, 0.5) is 0 Å². The van der Waals surface area contributed by atoms with Crippen molar-refractivity contribution >= 4 is 5.91 Å². The van der Waals surface area contributed by atoms with Gasteiger partial charge in [-0.15, -0.1) is 0 Å². The molecule has 2 heterocycles. The number of hydrogen-bond donors (Lipinski definition) is 2. The SMILES string of the molecule is CCc1nc(-c2ccc(C(=O)N3CCC(C)C(O)C3)cc2)n[nH]1. The third-order valence-electron chi connectivity index (χ3n) is 4.46. The molecule has 0 radical (unpaired) electrons. The number of benzene rings is 1. The Balaban J connectivity index is 1.72. The van der Waals surface area contributed by atoms with E-state index in [-0.39, 0.29) is 11.8 Å². The lowest BCUT2D eigenvalue weighted by Crippen LogP contribution is -2.45. The summed E-state index contributed by atoms with van der Waals surface area (Å²) in [5.41, 5.74) is 1.51. The fourth-order valence-corrected chi connectivity index (χ4v) is 2.76. The number of nitrogens with one attached hydrogen (secondary N) is 1. The Morgan fingerprint density at radius 2 is 2.13 bits per heavy atom. The molecule has 6 heteroatoms. The third kappa shape index (κ3) is 3.27. The van der Waals surface area contributed by atoms with Crippen LogP contribution in [0.25, 0.3) is 11.4 Å². The smallest absolute Gasteiger partial charge is 0.253 e. The second-order valence-electron chi connectivity index (χ2n) is 6.12. The molecule has 0 spiro atoms. The van der Waals surface area contributed by atoms with Crippen LogP contribution in [-0.2, 0) is 6.42 Å². The number of nitrogens with zero attached hydrogens (tertiary/aromatic N) is 3. The Kier molecular flexibility index (Phi) is 4.43. The van der Waals surface area contributed by atoms with Crippen LogP contribution in [0.2, 0.25) is 0 Å². The summed E-state index contributed by atoms with van der Waals surface area (Å²) in [5.74, 6) is 1.70. The molecule has 2 aromatic rings. The van der Waals surface area contributed by atoms with Crippen molar-refractivity contribution in [2.75, 3.05) is 13.1 Å². The van der Waals surface area contributed by atoms with Gasteiger partial charge in [0.25, 0.3) is 5.91 Å². The number of aryl methyl sites for hydroxylation is 1. The van der Waals surface area contributed by atoms with Crippen molar-refractivity contribution < 1.29 is 9.90 Å². The molecule has 1 aliphatic heterocycles. The average Bonchev–Trinajstić information content (AvgIpc) is 3.06. The molecule has 122 valence electrons. The number of aromatic amines is 1. The molecule has 1 fully saturated rings. The van der Waals surface area contributed by atoms with Gasteiger partial charge in [-0.25, -0.2) is 4.98 Å². The first-order chi connectivity index (χ1) is 11.1. The number of aromatic nitrogens is 3. The lowest BCUT2D eigenvalue weighted by Gasteiger charge is -2.34. The lowest BCUT2D eigenvalue weighted by atomic mass is 9.95. The minimum absolute atomic E-state index is 0.0354. The molecule has 2 atom stereocenters. The maximum atomic E-state index is 12.5. The minimum atomic E-state index is -0.437. The van der Waals surface area contributed by atoms with Gasteiger partial charge in [0.2, 0.25) is 0 Å². The highest BCUT2D eigenvalue weighted by atomic mass is 16.3. The van der Waals surface area contributed by atoms with Crippen LogP contribution in [-0.4, -0.2) is 50.3 Å². The van der Waals surface area contributed by atoms with Gasteiger partial charge in [-0.3, -0.25) is 9.89 Å². The molecule has 0 aliphatic carbocycles. The van der Waals surface area contributed by atoms with Gasteiger partial charge in [0.05, 0.1) is 6.10 Å². The molecule has 1 saturated heterocycles. The molecule has 23 heavy (non-hydrogen) atoms. The van der Waals surface area contributed by atoms with Gasteiger partial charge in [0, 0.05) is 30.6 Å². The van der Waals surface area contributed by atoms with Gasteiger partial charge < -0.3 is 10.0 Å². The van der Waals surface area contributed by atoms with Gasteiger partial charge >= 0.3 is 0 Å². The van der Waals surface area contributed by atoms with Crippen molar-refractivity contribution in [3.05, 3.63) is 35.7 Å². The largest absolute Gasteiger partial charge is 0.391 e. The van der Waals surface area contributed by atoms with Gasteiger partial charge in [-0.2, -0.15) is 5.10 Å². The molecule has 1 aromatic heterocycles. The maximum Gasteiger partial charge on any atom is 0.253 e. The Labute approximate surface area is 135 Å². The summed E-state index contributed by atoms with van der Waals surface area (Å²) in [7, 11) is 0. The molecule has 1 aliphatic rings. The van der Waals surface area contributed by atoms with Crippen LogP contribution in [0.5, 0.6) is 0 Å². The zero-order valence-electron chi connectivity index (χ0n) is 13.5. The molecule has 1 amide bonds. The van der Waals surface area contributed by atoms with Gasteiger partial charge in [0.1, 0.15) is 5.82 Å².